The molecule has 0 amide bonds. The molecule has 2 aromatic rings. The first kappa shape index (κ1) is 8.31. The van der Waals surface area contributed by atoms with Crippen LogP contribution in [0.4, 0.5) is 5.69 Å². The number of halogens is 1. The molecule has 0 saturated carbocycles. The summed E-state index contributed by atoms with van der Waals surface area (Å²) in [6.07, 6.45) is 3.29. The van der Waals surface area contributed by atoms with E-state index in [-0.39, 0.29) is 0 Å². The van der Waals surface area contributed by atoms with Crippen molar-refractivity contribution in [2.45, 2.75) is 0 Å². The first-order chi connectivity index (χ1) is 6.27. The average molecular weight is 239 g/mol. The maximum atomic E-state index is 5.78. The van der Waals surface area contributed by atoms with Crippen LogP contribution in [0, 0.1) is 0 Å². The van der Waals surface area contributed by atoms with Crippen molar-refractivity contribution in [3.8, 4) is 11.3 Å². The van der Waals surface area contributed by atoms with Gasteiger partial charge in [-0.15, -0.1) is 0 Å². The van der Waals surface area contributed by atoms with E-state index >= 15 is 0 Å². The molecular formula is C9H7BrN2O. The molecule has 0 aliphatic rings. The quantitative estimate of drug-likeness (QED) is 0.778. The summed E-state index contributed by atoms with van der Waals surface area (Å²) in [5.74, 6) is 0.734. The van der Waals surface area contributed by atoms with Crippen molar-refractivity contribution in [3.05, 3.63) is 35.3 Å². The molecule has 2 N–H and O–H groups in total. The summed E-state index contributed by atoms with van der Waals surface area (Å²) < 4.78 is 5.93. The van der Waals surface area contributed by atoms with Crippen molar-refractivity contribution in [1.29, 1.82) is 0 Å². The second-order valence-electron chi connectivity index (χ2n) is 2.57. The van der Waals surface area contributed by atoms with Crippen molar-refractivity contribution in [3.63, 3.8) is 0 Å². The third kappa shape index (κ3) is 1.58. The summed E-state index contributed by atoms with van der Waals surface area (Å²) in [4.78, 5) is 4.07. The fourth-order valence-corrected chi connectivity index (χ4v) is 1.43. The van der Waals surface area contributed by atoms with E-state index < -0.39 is 0 Å². The molecule has 0 aliphatic carbocycles. The lowest BCUT2D eigenvalue weighted by atomic mass is 10.2. The first-order valence-electron chi connectivity index (χ1n) is 3.72. The zero-order valence-corrected chi connectivity index (χ0v) is 8.28. The lowest BCUT2D eigenvalue weighted by Crippen LogP contribution is -1.90. The molecule has 3 nitrogen and oxygen atoms in total. The fourth-order valence-electron chi connectivity index (χ4n) is 1.08. The number of nitrogens with zero attached hydrogens (tertiary/aromatic N) is 1. The molecule has 0 unspecified atom stereocenters. The van der Waals surface area contributed by atoms with E-state index in [1.54, 1.807) is 18.5 Å². The van der Waals surface area contributed by atoms with E-state index in [9.17, 15) is 0 Å². The molecule has 0 atom stereocenters. The molecule has 2 heterocycles. The van der Waals surface area contributed by atoms with Crippen LogP contribution in [0.1, 0.15) is 0 Å². The largest absolute Gasteiger partial charge is 0.464 e. The van der Waals surface area contributed by atoms with E-state index in [1.807, 2.05) is 12.1 Å². The Bertz CT molecular complexity index is 412. The van der Waals surface area contributed by atoms with Gasteiger partial charge in [-0.05, 0) is 34.1 Å². The van der Waals surface area contributed by atoms with Gasteiger partial charge in [0.2, 0.25) is 0 Å². The molecule has 0 spiro atoms. The number of anilines is 1. The lowest BCUT2D eigenvalue weighted by Gasteiger charge is -2.01. The van der Waals surface area contributed by atoms with Crippen molar-refractivity contribution >= 4 is 21.6 Å². The molecule has 0 aromatic carbocycles. The lowest BCUT2D eigenvalue weighted by molar-refractivity contribution is 0.582. The highest BCUT2D eigenvalue weighted by molar-refractivity contribution is 9.10. The Balaban J connectivity index is 2.53. The second-order valence-corrected chi connectivity index (χ2v) is 3.38. The van der Waals surface area contributed by atoms with Crippen LogP contribution in [0.3, 0.4) is 0 Å². The SMILES string of the molecule is Nc1cc(Br)ncc1-c1ccco1. The monoisotopic (exact) mass is 238 g/mol. The van der Waals surface area contributed by atoms with Gasteiger partial charge < -0.3 is 10.2 Å². The van der Waals surface area contributed by atoms with Gasteiger partial charge in [-0.25, -0.2) is 4.98 Å². The van der Waals surface area contributed by atoms with E-state index in [4.69, 9.17) is 10.2 Å². The fraction of sp³-hybridized carbons (Fsp3) is 0. The van der Waals surface area contributed by atoms with Gasteiger partial charge in [0.15, 0.2) is 0 Å². The van der Waals surface area contributed by atoms with Crippen LogP contribution >= 0.6 is 15.9 Å². The summed E-state index contributed by atoms with van der Waals surface area (Å²) in [5.41, 5.74) is 7.25. The highest BCUT2D eigenvalue weighted by Crippen LogP contribution is 2.26. The summed E-state index contributed by atoms with van der Waals surface area (Å²) in [5, 5.41) is 0. The topological polar surface area (TPSA) is 52.0 Å². The summed E-state index contributed by atoms with van der Waals surface area (Å²) in [6.45, 7) is 0. The minimum absolute atomic E-state index is 0.650. The highest BCUT2D eigenvalue weighted by atomic mass is 79.9. The Kier molecular flexibility index (Phi) is 2.06. The zero-order chi connectivity index (χ0) is 9.26. The smallest absolute Gasteiger partial charge is 0.137 e. The molecule has 0 fully saturated rings. The molecule has 4 heteroatoms. The Morgan fingerprint density at radius 1 is 1.46 bits per heavy atom. The second kappa shape index (κ2) is 3.22. The molecule has 0 saturated heterocycles. The number of nitrogen functional groups attached to an aromatic ring is 1. The third-order valence-corrected chi connectivity index (χ3v) is 2.12. The van der Waals surface area contributed by atoms with Gasteiger partial charge in [-0.1, -0.05) is 0 Å². The van der Waals surface area contributed by atoms with Gasteiger partial charge in [-0.3, -0.25) is 0 Å². The molecule has 0 radical (unpaired) electrons. The normalized spacial score (nSPS) is 10.2. The van der Waals surface area contributed by atoms with Crippen LogP contribution in [-0.2, 0) is 0 Å². The zero-order valence-electron chi connectivity index (χ0n) is 6.70. The number of nitrogens with two attached hydrogens (primary N) is 1. The van der Waals surface area contributed by atoms with Crippen molar-refractivity contribution in [2.75, 3.05) is 5.73 Å². The first-order valence-corrected chi connectivity index (χ1v) is 4.51. The van der Waals surface area contributed by atoms with Crippen LogP contribution in [0.15, 0.2) is 39.7 Å². The molecule has 13 heavy (non-hydrogen) atoms. The number of hydrogen-bond donors (Lipinski definition) is 1. The standard InChI is InChI=1S/C9H7BrN2O/c10-9-4-7(11)6(5-12-9)8-2-1-3-13-8/h1-5H,(H2,11,12). The van der Waals surface area contributed by atoms with Crippen LogP contribution < -0.4 is 5.73 Å². The Labute approximate surface area is 83.7 Å². The van der Waals surface area contributed by atoms with E-state index in [0.29, 0.717) is 5.69 Å². The summed E-state index contributed by atoms with van der Waals surface area (Å²) in [6, 6.07) is 5.41. The number of aromatic nitrogens is 1. The van der Waals surface area contributed by atoms with Gasteiger partial charge in [0, 0.05) is 11.9 Å². The molecule has 2 rings (SSSR count). The van der Waals surface area contributed by atoms with Crippen LogP contribution in [0.25, 0.3) is 11.3 Å². The minimum atomic E-state index is 0.650. The Morgan fingerprint density at radius 2 is 2.31 bits per heavy atom. The van der Waals surface area contributed by atoms with Crippen molar-refractivity contribution in [2.24, 2.45) is 0 Å². The molecule has 0 bridgehead atoms. The van der Waals surface area contributed by atoms with Gasteiger partial charge in [0.05, 0.1) is 11.8 Å². The summed E-state index contributed by atoms with van der Waals surface area (Å²) in [7, 11) is 0. The Hall–Kier alpha value is -1.29. The Morgan fingerprint density at radius 3 is 2.92 bits per heavy atom. The number of hydrogen-bond acceptors (Lipinski definition) is 3. The average Bonchev–Trinajstić information content (AvgIpc) is 2.56. The molecular weight excluding hydrogens is 232 g/mol. The van der Waals surface area contributed by atoms with E-state index in [0.717, 1.165) is 15.9 Å². The van der Waals surface area contributed by atoms with Gasteiger partial charge in [0.25, 0.3) is 0 Å². The van der Waals surface area contributed by atoms with Gasteiger partial charge in [-0.2, -0.15) is 0 Å². The van der Waals surface area contributed by atoms with E-state index in [1.165, 1.54) is 0 Å². The van der Waals surface area contributed by atoms with Crippen LogP contribution in [-0.4, -0.2) is 4.98 Å². The molecule has 66 valence electrons. The number of furan rings is 1. The van der Waals surface area contributed by atoms with Crippen molar-refractivity contribution in [1.82, 2.24) is 4.98 Å². The van der Waals surface area contributed by atoms with E-state index in [2.05, 4.69) is 20.9 Å². The number of rotatable bonds is 1. The maximum absolute atomic E-state index is 5.78. The van der Waals surface area contributed by atoms with Crippen molar-refractivity contribution < 1.29 is 4.42 Å². The minimum Gasteiger partial charge on any atom is -0.464 e. The van der Waals surface area contributed by atoms with Gasteiger partial charge >= 0.3 is 0 Å². The predicted octanol–water partition coefficient (Wildman–Crippen LogP) is 2.69. The van der Waals surface area contributed by atoms with Crippen LogP contribution in [0.5, 0.6) is 0 Å². The maximum Gasteiger partial charge on any atom is 0.137 e. The summed E-state index contributed by atoms with van der Waals surface area (Å²) >= 11 is 3.24. The number of pyridine rings is 1. The molecule has 2 aromatic heterocycles. The highest BCUT2D eigenvalue weighted by Gasteiger charge is 2.05. The third-order valence-electron chi connectivity index (χ3n) is 1.69. The molecule has 0 aliphatic heterocycles. The van der Waals surface area contributed by atoms with Gasteiger partial charge in [0.1, 0.15) is 10.4 Å². The predicted molar refractivity (Wildman–Crippen MR) is 54.1 cm³/mol. The van der Waals surface area contributed by atoms with Crippen LogP contribution in [0.2, 0.25) is 0 Å².